The average Bonchev–Trinajstić information content (AvgIpc) is 2.15. The average molecular weight is 200 g/mol. The molecule has 4 N–H and O–H groups in total. The molecule has 1 rings (SSSR count). The molecule has 0 saturated heterocycles. The molecule has 0 aromatic rings. The summed E-state index contributed by atoms with van der Waals surface area (Å²) in [5, 5.41) is 0. The third-order valence-corrected chi connectivity index (χ3v) is 2.64. The number of ether oxygens (including phenoxy) is 1. The van der Waals surface area contributed by atoms with Crippen molar-refractivity contribution < 1.29 is 9.53 Å². The first-order valence-corrected chi connectivity index (χ1v) is 5.34. The quantitative estimate of drug-likeness (QED) is 0.636. The van der Waals surface area contributed by atoms with Gasteiger partial charge in [-0.25, -0.2) is 0 Å². The lowest BCUT2D eigenvalue weighted by atomic mass is 9.94. The zero-order valence-corrected chi connectivity index (χ0v) is 8.58. The number of primary amides is 1. The van der Waals surface area contributed by atoms with Crippen LogP contribution in [0.3, 0.4) is 0 Å². The standard InChI is InChI=1S/C10H20N2O2/c11-8-3-5-9(6-4-8)14-7-1-2-10(12)13/h8-9H,1-7,11H2,(H2,12,13). The van der Waals surface area contributed by atoms with Gasteiger partial charge in [-0.2, -0.15) is 0 Å². The zero-order chi connectivity index (χ0) is 10.4. The Morgan fingerprint density at radius 1 is 1.29 bits per heavy atom. The summed E-state index contributed by atoms with van der Waals surface area (Å²) in [5.41, 5.74) is 10.8. The van der Waals surface area contributed by atoms with Gasteiger partial charge in [0.15, 0.2) is 0 Å². The van der Waals surface area contributed by atoms with Crippen LogP contribution in [-0.4, -0.2) is 24.7 Å². The normalized spacial score (nSPS) is 27.5. The number of nitrogens with two attached hydrogens (primary N) is 2. The van der Waals surface area contributed by atoms with E-state index in [0.717, 1.165) is 32.1 Å². The molecule has 14 heavy (non-hydrogen) atoms. The molecule has 1 aliphatic carbocycles. The van der Waals surface area contributed by atoms with Crippen molar-refractivity contribution in [3.8, 4) is 0 Å². The second-order valence-corrected chi connectivity index (χ2v) is 3.98. The monoisotopic (exact) mass is 200 g/mol. The summed E-state index contributed by atoms with van der Waals surface area (Å²) in [4.78, 5) is 10.4. The molecular formula is C10H20N2O2. The Labute approximate surface area is 85.0 Å². The van der Waals surface area contributed by atoms with Gasteiger partial charge in [-0.3, -0.25) is 4.79 Å². The maximum absolute atomic E-state index is 10.4. The van der Waals surface area contributed by atoms with Crippen LogP contribution >= 0.6 is 0 Å². The van der Waals surface area contributed by atoms with Crippen LogP contribution in [0, 0.1) is 0 Å². The molecule has 0 aromatic heterocycles. The van der Waals surface area contributed by atoms with Crippen molar-refractivity contribution in [3.63, 3.8) is 0 Å². The van der Waals surface area contributed by atoms with Crippen LogP contribution in [-0.2, 0) is 9.53 Å². The largest absolute Gasteiger partial charge is 0.378 e. The minimum atomic E-state index is -0.251. The van der Waals surface area contributed by atoms with E-state index in [-0.39, 0.29) is 5.91 Å². The summed E-state index contributed by atoms with van der Waals surface area (Å²) in [7, 11) is 0. The molecule has 0 aliphatic heterocycles. The summed E-state index contributed by atoms with van der Waals surface area (Å²) in [6.07, 6.45) is 5.73. The van der Waals surface area contributed by atoms with E-state index in [1.54, 1.807) is 0 Å². The van der Waals surface area contributed by atoms with Crippen molar-refractivity contribution in [1.29, 1.82) is 0 Å². The molecule has 0 atom stereocenters. The van der Waals surface area contributed by atoms with E-state index in [1.165, 1.54) is 0 Å². The molecule has 1 amide bonds. The molecule has 82 valence electrons. The summed E-state index contributed by atoms with van der Waals surface area (Å²) in [6, 6.07) is 0.362. The van der Waals surface area contributed by atoms with Crippen molar-refractivity contribution in [1.82, 2.24) is 0 Å². The predicted octanol–water partition coefficient (Wildman–Crippen LogP) is 0.538. The Bertz CT molecular complexity index is 177. The molecule has 1 aliphatic rings. The predicted molar refractivity (Wildman–Crippen MR) is 54.6 cm³/mol. The lowest BCUT2D eigenvalue weighted by molar-refractivity contribution is -0.118. The summed E-state index contributed by atoms with van der Waals surface area (Å²) in [6.45, 7) is 0.642. The Morgan fingerprint density at radius 3 is 2.50 bits per heavy atom. The molecule has 4 heteroatoms. The van der Waals surface area contributed by atoms with Crippen LogP contribution in [0.1, 0.15) is 38.5 Å². The highest BCUT2D eigenvalue weighted by molar-refractivity contribution is 5.73. The minimum Gasteiger partial charge on any atom is -0.378 e. The van der Waals surface area contributed by atoms with Crippen molar-refractivity contribution in [3.05, 3.63) is 0 Å². The number of carbonyl (C=O) groups excluding carboxylic acids is 1. The third-order valence-electron chi connectivity index (χ3n) is 2.64. The van der Waals surface area contributed by atoms with Crippen LogP contribution in [0.15, 0.2) is 0 Å². The number of carbonyl (C=O) groups is 1. The van der Waals surface area contributed by atoms with Gasteiger partial charge in [0.25, 0.3) is 0 Å². The molecule has 1 fully saturated rings. The molecule has 0 aromatic carbocycles. The topological polar surface area (TPSA) is 78.3 Å². The fourth-order valence-corrected chi connectivity index (χ4v) is 1.75. The van der Waals surface area contributed by atoms with E-state index >= 15 is 0 Å². The zero-order valence-electron chi connectivity index (χ0n) is 8.58. The highest BCUT2D eigenvalue weighted by atomic mass is 16.5. The van der Waals surface area contributed by atoms with Crippen molar-refractivity contribution in [2.75, 3.05) is 6.61 Å². The fraction of sp³-hybridized carbons (Fsp3) is 0.900. The smallest absolute Gasteiger partial charge is 0.217 e. The molecule has 4 nitrogen and oxygen atoms in total. The van der Waals surface area contributed by atoms with Crippen molar-refractivity contribution in [2.24, 2.45) is 11.5 Å². The van der Waals surface area contributed by atoms with Crippen LogP contribution in [0.2, 0.25) is 0 Å². The van der Waals surface area contributed by atoms with Gasteiger partial charge in [-0.1, -0.05) is 0 Å². The van der Waals surface area contributed by atoms with Gasteiger partial charge in [0.1, 0.15) is 0 Å². The fourth-order valence-electron chi connectivity index (χ4n) is 1.75. The van der Waals surface area contributed by atoms with Gasteiger partial charge in [0.05, 0.1) is 6.10 Å². The van der Waals surface area contributed by atoms with Gasteiger partial charge in [0.2, 0.25) is 5.91 Å². The van der Waals surface area contributed by atoms with Gasteiger partial charge in [-0.15, -0.1) is 0 Å². The van der Waals surface area contributed by atoms with E-state index < -0.39 is 0 Å². The highest BCUT2D eigenvalue weighted by Gasteiger charge is 2.18. The maximum atomic E-state index is 10.4. The summed E-state index contributed by atoms with van der Waals surface area (Å²) >= 11 is 0. The van der Waals surface area contributed by atoms with Gasteiger partial charge < -0.3 is 16.2 Å². The van der Waals surface area contributed by atoms with Crippen LogP contribution < -0.4 is 11.5 Å². The van der Waals surface area contributed by atoms with E-state index in [4.69, 9.17) is 16.2 Å². The first kappa shape index (κ1) is 11.5. The van der Waals surface area contributed by atoms with Gasteiger partial charge in [-0.05, 0) is 32.1 Å². The van der Waals surface area contributed by atoms with E-state index in [9.17, 15) is 4.79 Å². The van der Waals surface area contributed by atoms with Crippen molar-refractivity contribution in [2.45, 2.75) is 50.7 Å². The Hall–Kier alpha value is -0.610. The molecule has 0 heterocycles. The van der Waals surface area contributed by atoms with Crippen LogP contribution in [0.25, 0.3) is 0 Å². The Morgan fingerprint density at radius 2 is 1.93 bits per heavy atom. The number of hydrogen-bond acceptors (Lipinski definition) is 3. The second-order valence-electron chi connectivity index (χ2n) is 3.98. The molecular weight excluding hydrogens is 180 g/mol. The lowest BCUT2D eigenvalue weighted by Gasteiger charge is -2.26. The Kier molecular flexibility index (Phi) is 4.90. The first-order chi connectivity index (χ1) is 6.68. The van der Waals surface area contributed by atoms with E-state index in [0.29, 0.717) is 25.2 Å². The minimum absolute atomic E-state index is 0.251. The third kappa shape index (κ3) is 4.58. The lowest BCUT2D eigenvalue weighted by Crippen LogP contribution is -2.30. The van der Waals surface area contributed by atoms with E-state index in [2.05, 4.69) is 0 Å². The highest BCUT2D eigenvalue weighted by Crippen LogP contribution is 2.19. The maximum Gasteiger partial charge on any atom is 0.217 e. The molecule has 0 radical (unpaired) electrons. The Balaban J connectivity index is 1.99. The molecule has 0 unspecified atom stereocenters. The van der Waals surface area contributed by atoms with Crippen molar-refractivity contribution >= 4 is 5.91 Å². The number of amides is 1. The summed E-state index contributed by atoms with van der Waals surface area (Å²) in [5.74, 6) is -0.251. The molecule has 0 spiro atoms. The SMILES string of the molecule is NC(=O)CCCOC1CCC(N)CC1. The van der Waals surface area contributed by atoms with E-state index in [1.807, 2.05) is 0 Å². The second kappa shape index (κ2) is 5.98. The molecule has 0 bridgehead atoms. The van der Waals surface area contributed by atoms with Crippen LogP contribution in [0.5, 0.6) is 0 Å². The van der Waals surface area contributed by atoms with Gasteiger partial charge in [0, 0.05) is 19.1 Å². The number of rotatable bonds is 5. The first-order valence-electron chi connectivity index (χ1n) is 5.34. The van der Waals surface area contributed by atoms with Gasteiger partial charge >= 0.3 is 0 Å². The molecule has 1 saturated carbocycles. The summed E-state index contributed by atoms with van der Waals surface area (Å²) < 4.78 is 5.62. The van der Waals surface area contributed by atoms with Crippen LogP contribution in [0.4, 0.5) is 0 Å². The number of hydrogen-bond donors (Lipinski definition) is 2.